The first kappa shape index (κ1) is 14.8. The molecule has 1 amide bonds. The SMILES string of the molecule is O=C1[C@@H]2Cc3ccccc3C[C@@H]2CN1[C@@H]1[C@@H]2CC3C[C@H]1C[C@](O)(C3)C2. The van der Waals surface area contributed by atoms with Crippen LogP contribution in [0.25, 0.3) is 0 Å². The summed E-state index contributed by atoms with van der Waals surface area (Å²) in [6.45, 7) is 0.957. The molecule has 132 valence electrons. The monoisotopic (exact) mass is 337 g/mol. The lowest BCUT2D eigenvalue weighted by molar-refractivity contribution is -0.168. The average molecular weight is 337 g/mol. The van der Waals surface area contributed by atoms with E-state index in [0.29, 0.717) is 35.6 Å². The molecule has 3 heteroatoms. The largest absolute Gasteiger partial charge is 0.390 e. The lowest BCUT2D eigenvalue weighted by Crippen LogP contribution is -2.62. The zero-order valence-electron chi connectivity index (χ0n) is 14.7. The van der Waals surface area contributed by atoms with Crippen LogP contribution in [-0.4, -0.2) is 34.1 Å². The van der Waals surface area contributed by atoms with Crippen LogP contribution in [0.15, 0.2) is 24.3 Å². The maximum Gasteiger partial charge on any atom is 0.226 e. The molecule has 25 heavy (non-hydrogen) atoms. The van der Waals surface area contributed by atoms with Crippen molar-refractivity contribution in [2.24, 2.45) is 29.6 Å². The predicted molar refractivity (Wildman–Crippen MR) is 94.8 cm³/mol. The van der Waals surface area contributed by atoms with Crippen molar-refractivity contribution in [2.45, 2.75) is 56.6 Å². The molecule has 1 heterocycles. The first-order valence-electron chi connectivity index (χ1n) is 10.2. The topological polar surface area (TPSA) is 40.5 Å². The molecule has 0 aromatic heterocycles. The highest BCUT2D eigenvalue weighted by Gasteiger charge is 2.58. The maximum atomic E-state index is 13.3. The number of carbonyl (C=O) groups is 1. The van der Waals surface area contributed by atoms with E-state index in [9.17, 15) is 9.90 Å². The molecule has 1 aromatic rings. The van der Waals surface area contributed by atoms with E-state index in [0.717, 1.165) is 38.6 Å². The number of nitrogens with zero attached hydrogens (tertiary/aromatic N) is 1. The Morgan fingerprint density at radius 1 is 0.960 bits per heavy atom. The summed E-state index contributed by atoms with van der Waals surface area (Å²) in [7, 11) is 0. The van der Waals surface area contributed by atoms with Gasteiger partial charge in [-0.2, -0.15) is 0 Å². The van der Waals surface area contributed by atoms with E-state index in [1.165, 1.54) is 24.0 Å². The second-order valence-electron chi connectivity index (χ2n) is 9.72. The number of amides is 1. The van der Waals surface area contributed by atoms with Crippen molar-refractivity contribution in [3.8, 4) is 0 Å². The van der Waals surface area contributed by atoms with Crippen LogP contribution in [0.3, 0.4) is 0 Å². The minimum absolute atomic E-state index is 0.204. The molecule has 1 unspecified atom stereocenters. The highest BCUT2D eigenvalue weighted by Crippen LogP contribution is 2.58. The Balaban J connectivity index is 1.29. The quantitative estimate of drug-likeness (QED) is 0.856. The molecule has 3 nitrogen and oxygen atoms in total. The number of fused-ring (bicyclic) bond motifs is 2. The molecule has 1 N–H and O–H groups in total. The Kier molecular flexibility index (Phi) is 2.88. The van der Waals surface area contributed by atoms with Crippen LogP contribution in [0, 0.1) is 29.6 Å². The number of hydrogen-bond acceptors (Lipinski definition) is 2. The summed E-state index contributed by atoms with van der Waals surface area (Å²) in [5.74, 6) is 2.93. The van der Waals surface area contributed by atoms with Gasteiger partial charge in [0.05, 0.1) is 5.60 Å². The third-order valence-corrected chi connectivity index (χ3v) is 8.19. The van der Waals surface area contributed by atoms with Crippen LogP contribution in [0.2, 0.25) is 0 Å². The molecule has 1 aliphatic heterocycles. The first-order valence-corrected chi connectivity index (χ1v) is 10.2. The van der Waals surface area contributed by atoms with Gasteiger partial charge >= 0.3 is 0 Å². The van der Waals surface area contributed by atoms with Gasteiger partial charge in [0, 0.05) is 18.5 Å². The Bertz CT molecular complexity index is 727. The molecule has 1 saturated heterocycles. The fourth-order valence-electron chi connectivity index (χ4n) is 7.55. The van der Waals surface area contributed by atoms with Crippen molar-refractivity contribution in [3.63, 3.8) is 0 Å². The molecule has 5 aliphatic carbocycles. The van der Waals surface area contributed by atoms with Crippen molar-refractivity contribution in [1.82, 2.24) is 4.90 Å². The van der Waals surface area contributed by atoms with Crippen LogP contribution >= 0.6 is 0 Å². The Morgan fingerprint density at radius 3 is 2.32 bits per heavy atom. The van der Waals surface area contributed by atoms with Crippen molar-refractivity contribution in [1.29, 1.82) is 0 Å². The Labute approximate surface area is 149 Å². The minimum Gasteiger partial charge on any atom is -0.390 e. The van der Waals surface area contributed by atoms with Gasteiger partial charge in [-0.15, -0.1) is 0 Å². The average Bonchev–Trinajstić information content (AvgIpc) is 2.87. The molecule has 5 fully saturated rings. The van der Waals surface area contributed by atoms with Crippen LogP contribution in [0.4, 0.5) is 0 Å². The lowest BCUT2D eigenvalue weighted by atomic mass is 9.52. The van der Waals surface area contributed by atoms with E-state index in [1.807, 2.05) is 0 Å². The van der Waals surface area contributed by atoms with Gasteiger partial charge in [-0.3, -0.25) is 4.79 Å². The van der Waals surface area contributed by atoms with Gasteiger partial charge in [0.1, 0.15) is 0 Å². The molecule has 0 spiro atoms. The lowest BCUT2D eigenvalue weighted by Gasteiger charge is -2.59. The van der Waals surface area contributed by atoms with Crippen LogP contribution in [0.1, 0.15) is 43.2 Å². The number of aliphatic hydroxyl groups is 1. The number of carbonyl (C=O) groups excluding carboxylic acids is 1. The summed E-state index contributed by atoms with van der Waals surface area (Å²) in [6, 6.07) is 9.11. The highest BCUT2D eigenvalue weighted by molar-refractivity contribution is 5.82. The van der Waals surface area contributed by atoms with Crippen molar-refractivity contribution < 1.29 is 9.90 Å². The number of rotatable bonds is 1. The molecule has 6 aliphatic rings. The number of hydrogen-bond donors (Lipinski definition) is 1. The summed E-state index contributed by atoms with van der Waals surface area (Å²) >= 11 is 0. The third kappa shape index (κ3) is 2.05. The van der Waals surface area contributed by atoms with Crippen molar-refractivity contribution in [2.75, 3.05) is 6.54 Å². The summed E-state index contributed by atoms with van der Waals surface area (Å²) in [5.41, 5.74) is 2.44. The van der Waals surface area contributed by atoms with E-state index < -0.39 is 5.60 Å². The molecular formula is C22H27NO2. The zero-order valence-corrected chi connectivity index (χ0v) is 14.7. The molecule has 0 radical (unpaired) electrons. The van der Waals surface area contributed by atoms with Gasteiger partial charge in [-0.25, -0.2) is 0 Å². The molecular weight excluding hydrogens is 310 g/mol. The first-order chi connectivity index (χ1) is 12.1. The van der Waals surface area contributed by atoms with Gasteiger partial charge in [0.25, 0.3) is 0 Å². The Hall–Kier alpha value is -1.35. The zero-order chi connectivity index (χ0) is 16.8. The van der Waals surface area contributed by atoms with Crippen LogP contribution in [0.5, 0.6) is 0 Å². The van der Waals surface area contributed by atoms with Crippen molar-refractivity contribution in [3.05, 3.63) is 35.4 Å². The maximum absolute atomic E-state index is 13.3. The summed E-state index contributed by atoms with van der Waals surface area (Å²) in [4.78, 5) is 15.6. The second kappa shape index (κ2) is 4.88. The van der Waals surface area contributed by atoms with Gasteiger partial charge in [0.2, 0.25) is 5.91 Å². The minimum atomic E-state index is -0.404. The number of likely N-dealkylation sites (tertiary alicyclic amines) is 1. The molecule has 7 rings (SSSR count). The smallest absolute Gasteiger partial charge is 0.226 e. The Morgan fingerprint density at radius 2 is 1.64 bits per heavy atom. The van der Waals surface area contributed by atoms with E-state index in [-0.39, 0.29) is 5.92 Å². The fourth-order valence-corrected chi connectivity index (χ4v) is 7.55. The summed E-state index contributed by atoms with van der Waals surface area (Å²) in [6.07, 6.45) is 7.36. The van der Waals surface area contributed by atoms with Crippen LogP contribution < -0.4 is 0 Å². The van der Waals surface area contributed by atoms with Gasteiger partial charge < -0.3 is 10.0 Å². The normalized spacial score (nSPS) is 47.1. The van der Waals surface area contributed by atoms with Gasteiger partial charge in [0.15, 0.2) is 0 Å². The third-order valence-electron chi connectivity index (χ3n) is 8.19. The fraction of sp³-hybridized carbons (Fsp3) is 0.682. The van der Waals surface area contributed by atoms with Crippen LogP contribution in [-0.2, 0) is 17.6 Å². The van der Waals surface area contributed by atoms with E-state index in [1.54, 1.807) is 0 Å². The molecule has 4 saturated carbocycles. The van der Waals surface area contributed by atoms with E-state index >= 15 is 0 Å². The standard InChI is InChI=1S/C22H27NO2/c24-21-19-8-15-4-2-1-3-14(15)7-18(19)12-23(21)20-16-5-13-6-17(20)11-22(25,9-13)10-16/h1-4,13,16-20,25H,5-12H2/t13?,16-,17+,18-,19-,20-,22+/m1/s1. The number of benzene rings is 1. The molecule has 4 bridgehead atoms. The highest BCUT2D eigenvalue weighted by atomic mass is 16.3. The summed E-state index contributed by atoms with van der Waals surface area (Å²) < 4.78 is 0. The van der Waals surface area contributed by atoms with Crippen molar-refractivity contribution >= 4 is 5.91 Å². The van der Waals surface area contributed by atoms with Gasteiger partial charge in [-0.05, 0) is 79.7 Å². The molecule has 1 aromatic carbocycles. The summed E-state index contributed by atoms with van der Waals surface area (Å²) in [5, 5.41) is 10.9. The van der Waals surface area contributed by atoms with E-state index in [4.69, 9.17) is 0 Å². The second-order valence-corrected chi connectivity index (χ2v) is 9.72. The van der Waals surface area contributed by atoms with E-state index in [2.05, 4.69) is 29.2 Å². The van der Waals surface area contributed by atoms with Gasteiger partial charge in [-0.1, -0.05) is 24.3 Å². The predicted octanol–water partition coefficient (Wildman–Crippen LogP) is 2.80. The molecule has 7 atom stereocenters.